The van der Waals surface area contributed by atoms with E-state index in [4.69, 9.17) is 5.73 Å². The van der Waals surface area contributed by atoms with Crippen LogP contribution in [0.15, 0.2) is 60.9 Å². The fraction of sp³-hybridized carbons (Fsp3) is 0.227. The van der Waals surface area contributed by atoms with Crippen molar-refractivity contribution in [1.29, 1.82) is 0 Å². The lowest BCUT2D eigenvalue weighted by molar-refractivity contribution is -0.120. The van der Waals surface area contributed by atoms with Gasteiger partial charge in [0.05, 0.1) is 11.6 Å². The Morgan fingerprint density at radius 1 is 1.07 bits per heavy atom. The minimum absolute atomic E-state index is 0.0496. The van der Waals surface area contributed by atoms with E-state index in [1.54, 1.807) is 36.7 Å². The number of piperidine rings is 1. The first kappa shape index (κ1) is 19.5. The van der Waals surface area contributed by atoms with Crippen LogP contribution in [0.1, 0.15) is 23.2 Å². The molecule has 1 atom stereocenters. The molecule has 152 valence electrons. The number of nitrogens with one attached hydrogen (secondary N) is 1. The SMILES string of the molecule is NC(=O)c1ccc(NC(=O)C2CCCN(c3ccc(-c4cccnc4)nn3)C2)cc1. The number of nitrogens with zero attached hydrogens (tertiary/aromatic N) is 4. The Kier molecular flexibility index (Phi) is 5.65. The van der Waals surface area contributed by atoms with Crippen molar-refractivity contribution >= 4 is 23.3 Å². The average Bonchev–Trinajstić information content (AvgIpc) is 2.80. The molecule has 1 unspecified atom stereocenters. The van der Waals surface area contributed by atoms with E-state index < -0.39 is 5.91 Å². The number of aromatic nitrogens is 3. The highest BCUT2D eigenvalue weighted by molar-refractivity contribution is 5.95. The van der Waals surface area contributed by atoms with Gasteiger partial charge in [-0.2, -0.15) is 0 Å². The highest BCUT2D eigenvalue weighted by Crippen LogP contribution is 2.24. The summed E-state index contributed by atoms with van der Waals surface area (Å²) in [5.41, 5.74) is 7.97. The van der Waals surface area contributed by atoms with Crippen molar-refractivity contribution < 1.29 is 9.59 Å². The zero-order valence-corrected chi connectivity index (χ0v) is 16.4. The molecule has 0 bridgehead atoms. The van der Waals surface area contributed by atoms with Gasteiger partial charge in [-0.05, 0) is 61.4 Å². The van der Waals surface area contributed by atoms with E-state index in [1.807, 2.05) is 24.3 Å². The monoisotopic (exact) mass is 402 g/mol. The van der Waals surface area contributed by atoms with Crippen molar-refractivity contribution in [3.8, 4) is 11.3 Å². The van der Waals surface area contributed by atoms with E-state index in [1.165, 1.54) is 0 Å². The van der Waals surface area contributed by atoms with Crippen LogP contribution in [-0.2, 0) is 4.79 Å². The van der Waals surface area contributed by atoms with Crippen molar-refractivity contribution in [2.24, 2.45) is 11.7 Å². The molecule has 0 spiro atoms. The van der Waals surface area contributed by atoms with Crippen molar-refractivity contribution in [3.63, 3.8) is 0 Å². The molecular formula is C22H22N6O2. The maximum absolute atomic E-state index is 12.7. The number of primary amides is 1. The molecule has 30 heavy (non-hydrogen) atoms. The number of pyridine rings is 1. The van der Waals surface area contributed by atoms with Gasteiger partial charge in [-0.3, -0.25) is 14.6 Å². The molecule has 8 heteroatoms. The van der Waals surface area contributed by atoms with Crippen molar-refractivity contribution in [2.75, 3.05) is 23.3 Å². The molecule has 2 amide bonds. The van der Waals surface area contributed by atoms with Crippen LogP contribution in [0, 0.1) is 5.92 Å². The van der Waals surface area contributed by atoms with E-state index >= 15 is 0 Å². The molecule has 3 heterocycles. The Hall–Kier alpha value is -3.81. The Bertz CT molecular complexity index is 1020. The highest BCUT2D eigenvalue weighted by atomic mass is 16.2. The van der Waals surface area contributed by atoms with Gasteiger partial charge >= 0.3 is 0 Å². The first-order chi connectivity index (χ1) is 14.6. The van der Waals surface area contributed by atoms with Crippen LogP contribution in [0.4, 0.5) is 11.5 Å². The average molecular weight is 402 g/mol. The van der Waals surface area contributed by atoms with E-state index in [-0.39, 0.29) is 11.8 Å². The molecule has 3 N–H and O–H groups in total. The Balaban J connectivity index is 1.40. The second-order valence-corrected chi connectivity index (χ2v) is 7.23. The highest BCUT2D eigenvalue weighted by Gasteiger charge is 2.27. The normalized spacial score (nSPS) is 16.1. The fourth-order valence-corrected chi connectivity index (χ4v) is 3.52. The maximum atomic E-state index is 12.7. The minimum Gasteiger partial charge on any atom is -0.366 e. The van der Waals surface area contributed by atoms with Gasteiger partial charge in [0.1, 0.15) is 0 Å². The molecule has 1 fully saturated rings. The first-order valence-electron chi connectivity index (χ1n) is 9.80. The van der Waals surface area contributed by atoms with Crippen LogP contribution < -0.4 is 16.0 Å². The maximum Gasteiger partial charge on any atom is 0.248 e. The van der Waals surface area contributed by atoms with Crippen molar-refractivity contribution in [3.05, 3.63) is 66.5 Å². The summed E-state index contributed by atoms with van der Waals surface area (Å²) in [4.78, 5) is 30.1. The van der Waals surface area contributed by atoms with Gasteiger partial charge in [-0.25, -0.2) is 0 Å². The number of carbonyl (C=O) groups is 2. The summed E-state index contributed by atoms with van der Waals surface area (Å²) in [5, 5.41) is 11.6. The zero-order valence-electron chi connectivity index (χ0n) is 16.4. The third-order valence-electron chi connectivity index (χ3n) is 5.16. The molecule has 3 aromatic rings. The number of nitrogens with two attached hydrogens (primary N) is 1. The van der Waals surface area contributed by atoms with Crippen LogP contribution in [0.5, 0.6) is 0 Å². The molecule has 1 aromatic carbocycles. The molecule has 1 aliphatic rings. The number of benzene rings is 1. The summed E-state index contributed by atoms with van der Waals surface area (Å²) >= 11 is 0. The third-order valence-corrected chi connectivity index (χ3v) is 5.16. The first-order valence-corrected chi connectivity index (χ1v) is 9.80. The third kappa shape index (κ3) is 4.43. The smallest absolute Gasteiger partial charge is 0.248 e. The number of amides is 2. The molecule has 0 radical (unpaired) electrons. The second kappa shape index (κ2) is 8.69. The standard InChI is InChI=1S/C22H22N6O2/c23-21(29)15-5-7-18(8-6-15)25-22(30)17-4-2-12-28(14-17)20-10-9-19(26-27-20)16-3-1-11-24-13-16/h1,3,5-11,13,17H,2,4,12,14H2,(H2,23,29)(H,25,30). The number of anilines is 2. The minimum atomic E-state index is -0.494. The van der Waals surface area contributed by atoms with Crippen LogP contribution in [0.25, 0.3) is 11.3 Å². The lowest BCUT2D eigenvalue weighted by Crippen LogP contribution is -2.41. The Morgan fingerprint density at radius 2 is 1.90 bits per heavy atom. The molecule has 8 nitrogen and oxygen atoms in total. The molecule has 2 aromatic heterocycles. The lowest BCUT2D eigenvalue weighted by Gasteiger charge is -2.32. The second-order valence-electron chi connectivity index (χ2n) is 7.23. The largest absolute Gasteiger partial charge is 0.366 e. The number of hydrogen-bond donors (Lipinski definition) is 2. The summed E-state index contributed by atoms with van der Waals surface area (Å²) in [6.45, 7) is 1.41. The topological polar surface area (TPSA) is 114 Å². The summed E-state index contributed by atoms with van der Waals surface area (Å²) in [5.74, 6) is 0.0539. The summed E-state index contributed by atoms with van der Waals surface area (Å²) in [6.07, 6.45) is 5.17. The van der Waals surface area contributed by atoms with Crippen LogP contribution in [0.2, 0.25) is 0 Å². The van der Waals surface area contributed by atoms with Gasteiger partial charge in [0.25, 0.3) is 0 Å². The molecular weight excluding hydrogens is 380 g/mol. The summed E-state index contributed by atoms with van der Waals surface area (Å²) in [6, 6.07) is 14.2. The Morgan fingerprint density at radius 3 is 2.57 bits per heavy atom. The molecule has 1 saturated heterocycles. The molecule has 1 aliphatic heterocycles. The Labute approximate surface area is 174 Å². The van der Waals surface area contributed by atoms with E-state index in [0.717, 1.165) is 36.5 Å². The van der Waals surface area contributed by atoms with E-state index in [9.17, 15) is 9.59 Å². The summed E-state index contributed by atoms with van der Waals surface area (Å²) < 4.78 is 0. The van der Waals surface area contributed by atoms with Gasteiger partial charge < -0.3 is 16.0 Å². The van der Waals surface area contributed by atoms with Crippen LogP contribution in [0.3, 0.4) is 0 Å². The molecule has 0 saturated carbocycles. The fourth-order valence-electron chi connectivity index (χ4n) is 3.52. The van der Waals surface area contributed by atoms with Gasteiger partial charge in [-0.1, -0.05) is 0 Å². The predicted molar refractivity (Wildman–Crippen MR) is 114 cm³/mol. The van der Waals surface area contributed by atoms with E-state index in [2.05, 4.69) is 25.4 Å². The molecule has 4 rings (SSSR count). The van der Waals surface area contributed by atoms with Crippen molar-refractivity contribution in [2.45, 2.75) is 12.8 Å². The summed E-state index contributed by atoms with van der Waals surface area (Å²) in [7, 11) is 0. The van der Waals surface area contributed by atoms with Crippen LogP contribution in [-0.4, -0.2) is 40.1 Å². The van der Waals surface area contributed by atoms with Gasteiger partial charge in [0.15, 0.2) is 5.82 Å². The van der Waals surface area contributed by atoms with E-state index in [0.29, 0.717) is 17.8 Å². The number of rotatable bonds is 5. The van der Waals surface area contributed by atoms with Gasteiger partial charge in [0, 0.05) is 42.3 Å². The zero-order chi connectivity index (χ0) is 20.9. The van der Waals surface area contributed by atoms with Crippen LogP contribution >= 0.6 is 0 Å². The molecule has 0 aliphatic carbocycles. The number of carbonyl (C=O) groups excluding carboxylic acids is 2. The predicted octanol–water partition coefficient (Wildman–Crippen LogP) is 2.49. The quantitative estimate of drug-likeness (QED) is 0.678. The van der Waals surface area contributed by atoms with Gasteiger partial charge in [-0.15, -0.1) is 10.2 Å². The number of hydrogen-bond acceptors (Lipinski definition) is 6. The van der Waals surface area contributed by atoms with Gasteiger partial charge in [0.2, 0.25) is 11.8 Å². The van der Waals surface area contributed by atoms with Crippen molar-refractivity contribution in [1.82, 2.24) is 15.2 Å². The lowest BCUT2D eigenvalue weighted by atomic mass is 9.97.